The van der Waals surface area contributed by atoms with Crippen molar-refractivity contribution in [1.29, 1.82) is 0 Å². The molecule has 2 rings (SSSR count). The number of hydrogen-bond donors (Lipinski definition) is 2. The third-order valence-corrected chi connectivity index (χ3v) is 3.80. The first-order valence-electron chi connectivity index (χ1n) is 6.94. The van der Waals surface area contributed by atoms with Crippen molar-refractivity contribution in [3.05, 3.63) is 33.9 Å². The van der Waals surface area contributed by atoms with E-state index in [1.165, 1.54) is 18.2 Å². The number of nitrogens with zero attached hydrogens (tertiary/aromatic N) is 2. The number of nitro benzene ring substituents is 1. The van der Waals surface area contributed by atoms with Crippen LogP contribution in [0.5, 0.6) is 0 Å². The van der Waals surface area contributed by atoms with Gasteiger partial charge in [0, 0.05) is 25.3 Å². The second kappa shape index (κ2) is 6.53. The Bertz CT molecular complexity index is 514. The molecule has 0 amide bonds. The van der Waals surface area contributed by atoms with Crippen molar-refractivity contribution < 1.29 is 19.9 Å². The molecule has 1 unspecified atom stereocenters. The van der Waals surface area contributed by atoms with Crippen LogP contribution in [-0.2, 0) is 0 Å². The normalized spacial score (nSPS) is 18.0. The van der Waals surface area contributed by atoms with E-state index >= 15 is 0 Å². The van der Waals surface area contributed by atoms with Gasteiger partial charge >= 0.3 is 5.97 Å². The molecule has 1 heterocycles. The Kier molecular flexibility index (Phi) is 4.74. The van der Waals surface area contributed by atoms with Crippen molar-refractivity contribution in [2.24, 2.45) is 0 Å². The number of carbonyl (C=O) groups is 1. The van der Waals surface area contributed by atoms with E-state index in [-0.39, 0.29) is 29.6 Å². The largest absolute Gasteiger partial charge is 0.478 e. The van der Waals surface area contributed by atoms with Crippen LogP contribution in [0.3, 0.4) is 0 Å². The van der Waals surface area contributed by atoms with Crippen LogP contribution in [0, 0.1) is 10.1 Å². The van der Waals surface area contributed by atoms with Gasteiger partial charge in [0.2, 0.25) is 0 Å². The molecule has 1 atom stereocenters. The molecule has 1 aromatic rings. The van der Waals surface area contributed by atoms with Crippen LogP contribution in [0.4, 0.5) is 11.4 Å². The minimum Gasteiger partial charge on any atom is -0.478 e. The highest BCUT2D eigenvalue weighted by Gasteiger charge is 2.33. The Morgan fingerprint density at radius 3 is 2.86 bits per heavy atom. The van der Waals surface area contributed by atoms with Gasteiger partial charge in [-0.3, -0.25) is 10.1 Å². The molecule has 7 nitrogen and oxygen atoms in total. The van der Waals surface area contributed by atoms with Crippen molar-refractivity contribution in [3.63, 3.8) is 0 Å². The maximum Gasteiger partial charge on any atom is 0.338 e. The number of nitro groups is 1. The molecule has 0 bridgehead atoms. The van der Waals surface area contributed by atoms with Gasteiger partial charge in [-0.1, -0.05) is 6.07 Å². The van der Waals surface area contributed by atoms with Crippen LogP contribution in [0.2, 0.25) is 0 Å². The maximum absolute atomic E-state index is 11.4. The Morgan fingerprint density at radius 1 is 1.48 bits per heavy atom. The summed E-state index contributed by atoms with van der Waals surface area (Å²) >= 11 is 0. The summed E-state index contributed by atoms with van der Waals surface area (Å²) < 4.78 is 0. The summed E-state index contributed by atoms with van der Waals surface area (Å²) in [5, 5.41) is 29.5. The van der Waals surface area contributed by atoms with Gasteiger partial charge in [-0.05, 0) is 31.7 Å². The van der Waals surface area contributed by atoms with E-state index in [9.17, 15) is 20.0 Å². The van der Waals surface area contributed by atoms with Crippen molar-refractivity contribution in [3.8, 4) is 0 Å². The zero-order valence-electron chi connectivity index (χ0n) is 11.6. The quantitative estimate of drug-likeness (QED) is 0.614. The van der Waals surface area contributed by atoms with Crippen molar-refractivity contribution in [1.82, 2.24) is 0 Å². The summed E-state index contributed by atoms with van der Waals surface area (Å²) in [6.45, 7) is 0.661. The molecule has 1 aliphatic rings. The Balaban J connectivity index is 2.45. The van der Waals surface area contributed by atoms with Crippen LogP contribution < -0.4 is 4.90 Å². The summed E-state index contributed by atoms with van der Waals surface area (Å²) in [4.78, 5) is 23.9. The number of carboxylic acids is 1. The van der Waals surface area contributed by atoms with Crippen LogP contribution in [-0.4, -0.2) is 40.3 Å². The minimum absolute atomic E-state index is 0.0383. The molecular formula is C14H18N2O5. The fourth-order valence-corrected chi connectivity index (χ4v) is 2.91. The summed E-state index contributed by atoms with van der Waals surface area (Å²) in [5.41, 5.74) is -0.0265. The number of anilines is 1. The lowest BCUT2D eigenvalue weighted by molar-refractivity contribution is -0.384. The van der Waals surface area contributed by atoms with Crippen LogP contribution in [0.15, 0.2) is 18.2 Å². The summed E-state index contributed by atoms with van der Waals surface area (Å²) in [6.07, 6.45) is 3.01. The van der Waals surface area contributed by atoms with Crippen molar-refractivity contribution >= 4 is 17.3 Å². The van der Waals surface area contributed by atoms with Gasteiger partial charge in [-0.25, -0.2) is 4.79 Å². The first kappa shape index (κ1) is 15.2. The molecule has 0 saturated carbocycles. The first-order valence-corrected chi connectivity index (χ1v) is 6.94. The standard InChI is InChI=1S/C14H18N2O5/c17-9-3-5-10-4-2-8-15(10)13-11(14(18)19)6-1-7-12(13)16(20)21/h1,6-7,10,17H,2-5,8-9H2,(H,18,19). The highest BCUT2D eigenvalue weighted by molar-refractivity contribution is 5.97. The lowest BCUT2D eigenvalue weighted by Crippen LogP contribution is -2.31. The maximum atomic E-state index is 11.4. The highest BCUT2D eigenvalue weighted by atomic mass is 16.6. The second-order valence-electron chi connectivity index (χ2n) is 5.09. The summed E-state index contributed by atoms with van der Waals surface area (Å²) in [6, 6.07) is 4.16. The van der Waals surface area contributed by atoms with Gasteiger partial charge in [0.05, 0.1) is 10.5 Å². The van der Waals surface area contributed by atoms with Crippen molar-refractivity contribution in [2.45, 2.75) is 31.7 Å². The smallest absolute Gasteiger partial charge is 0.338 e. The molecule has 1 saturated heterocycles. The van der Waals surface area contributed by atoms with Gasteiger partial charge in [0.1, 0.15) is 5.69 Å². The van der Waals surface area contributed by atoms with E-state index in [4.69, 9.17) is 5.11 Å². The van der Waals surface area contributed by atoms with Crippen LogP contribution >= 0.6 is 0 Å². The second-order valence-corrected chi connectivity index (χ2v) is 5.09. The topological polar surface area (TPSA) is 104 Å². The fraction of sp³-hybridized carbons (Fsp3) is 0.500. The van der Waals surface area contributed by atoms with E-state index in [0.717, 1.165) is 12.8 Å². The zero-order valence-corrected chi connectivity index (χ0v) is 11.6. The molecule has 0 aliphatic carbocycles. The molecule has 1 fully saturated rings. The molecule has 0 aromatic heterocycles. The number of benzene rings is 1. The van der Waals surface area contributed by atoms with Crippen LogP contribution in [0.1, 0.15) is 36.0 Å². The van der Waals surface area contributed by atoms with Gasteiger partial charge in [0.15, 0.2) is 0 Å². The first-order chi connectivity index (χ1) is 10.1. The van der Waals surface area contributed by atoms with E-state index in [1.807, 2.05) is 4.90 Å². The van der Waals surface area contributed by atoms with Gasteiger partial charge in [-0.2, -0.15) is 0 Å². The monoisotopic (exact) mass is 294 g/mol. The van der Waals surface area contributed by atoms with Crippen LogP contribution in [0.25, 0.3) is 0 Å². The van der Waals surface area contributed by atoms with Gasteiger partial charge < -0.3 is 15.1 Å². The molecule has 0 spiro atoms. The predicted octanol–water partition coefficient (Wildman–Crippen LogP) is 2.03. The average Bonchev–Trinajstić information content (AvgIpc) is 2.92. The lowest BCUT2D eigenvalue weighted by Gasteiger charge is -2.27. The number of hydrogen-bond acceptors (Lipinski definition) is 5. The lowest BCUT2D eigenvalue weighted by atomic mass is 10.1. The zero-order chi connectivity index (χ0) is 15.4. The third kappa shape index (κ3) is 3.13. The average molecular weight is 294 g/mol. The predicted molar refractivity (Wildman–Crippen MR) is 76.7 cm³/mol. The van der Waals surface area contributed by atoms with E-state index < -0.39 is 10.9 Å². The molecule has 114 valence electrons. The Morgan fingerprint density at radius 2 is 2.24 bits per heavy atom. The van der Waals surface area contributed by atoms with E-state index in [0.29, 0.717) is 19.4 Å². The van der Waals surface area contributed by atoms with Gasteiger partial charge in [0.25, 0.3) is 5.69 Å². The molecule has 0 radical (unpaired) electrons. The summed E-state index contributed by atoms with van der Waals surface area (Å²) in [5.74, 6) is -1.17. The molecule has 2 N–H and O–H groups in total. The summed E-state index contributed by atoms with van der Waals surface area (Å²) in [7, 11) is 0. The third-order valence-electron chi connectivity index (χ3n) is 3.80. The number of aliphatic hydroxyl groups excluding tert-OH is 1. The molecule has 1 aliphatic heterocycles. The Hall–Kier alpha value is -2.15. The number of para-hydroxylation sites is 1. The molecule has 7 heteroatoms. The molecule has 1 aromatic carbocycles. The minimum atomic E-state index is -1.17. The number of carboxylic acid groups (broad SMARTS) is 1. The van der Waals surface area contributed by atoms with E-state index in [2.05, 4.69) is 0 Å². The fourth-order valence-electron chi connectivity index (χ4n) is 2.91. The highest BCUT2D eigenvalue weighted by Crippen LogP contribution is 2.37. The number of aromatic carboxylic acids is 1. The number of rotatable bonds is 6. The van der Waals surface area contributed by atoms with E-state index in [1.54, 1.807) is 0 Å². The van der Waals surface area contributed by atoms with Crippen molar-refractivity contribution in [2.75, 3.05) is 18.1 Å². The Labute approximate surface area is 122 Å². The molecule has 21 heavy (non-hydrogen) atoms. The molecular weight excluding hydrogens is 276 g/mol. The SMILES string of the molecule is O=C(O)c1cccc([N+](=O)[O-])c1N1CCCC1CCCO. The van der Waals surface area contributed by atoms with Gasteiger partial charge in [-0.15, -0.1) is 0 Å². The number of aliphatic hydroxyl groups is 1.